The van der Waals surface area contributed by atoms with Crippen molar-refractivity contribution in [2.24, 2.45) is 0 Å². The third-order valence-electron chi connectivity index (χ3n) is 4.05. The SMILES string of the molecule is CN(Cc1ccncc1)C(=O)NCC1SCCc2ccccc21. The number of amides is 2. The maximum Gasteiger partial charge on any atom is 0.317 e. The van der Waals surface area contributed by atoms with Crippen molar-refractivity contribution < 1.29 is 4.79 Å². The predicted molar refractivity (Wildman–Crippen MR) is 94.4 cm³/mol. The summed E-state index contributed by atoms with van der Waals surface area (Å²) in [5, 5.41) is 3.41. The molecule has 1 aromatic carbocycles. The molecular weight excluding hydrogens is 306 g/mol. The van der Waals surface area contributed by atoms with E-state index in [1.807, 2.05) is 30.9 Å². The summed E-state index contributed by atoms with van der Waals surface area (Å²) in [6, 6.07) is 12.4. The van der Waals surface area contributed by atoms with Crippen molar-refractivity contribution in [1.29, 1.82) is 0 Å². The lowest BCUT2D eigenvalue weighted by molar-refractivity contribution is 0.207. The third-order valence-corrected chi connectivity index (χ3v) is 5.31. The van der Waals surface area contributed by atoms with Gasteiger partial charge in [-0.1, -0.05) is 24.3 Å². The topological polar surface area (TPSA) is 45.2 Å². The van der Waals surface area contributed by atoms with Gasteiger partial charge >= 0.3 is 6.03 Å². The summed E-state index contributed by atoms with van der Waals surface area (Å²) in [5.74, 6) is 1.12. The summed E-state index contributed by atoms with van der Waals surface area (Å²) in [7, 11) is 1.82. The maximum atomic E-state index is 12.3. The number of hydrogen-bond acceptors (Lipinski definition) is 3. The van der Waals surface area contributed by atoms with Crippen molar-refractivity contribution in [3.05, 3.63) is 65.5 Å². The molecule has 1 aliphatic heterocycles. The predicted octanol–water partition coefficient (Wildman–Crippen LogP) is 3.25. The van der Waals surface area contributed by atoms with Crippen molar-refractivity contribution in [2.45, 2.75) is 18.2 Å². The summed E-state index contributed by atoms with van der Waals surface area (Å²) in [6.07, 6.45) is 4.61. The first-order valence-electron chi connectivity index (χ1n) is 7.81. The summed E-state index contributed by atoms with van der Waals surface area (Å²) in [4.78, 5) is 18.0. The number of nitrogens with zero attached hydrogens (tertiary/aromatic N) is 2. The van der Waals surface area contributed by atoms with E-state index in [9.17, 15) is 4.79 Å². The first-order valence-corrected chi connectivity index (χ1v) is 8.86. The molecule has 0 aliphatic carbocycles. The number of benzene rings is 1. The Hall–Kier alpha value is -2.01. The Labute approximate surface area is 141 Å². The number of pyridine rings is 1. The minimum atomic E-state index is -0.0366. The van der Waals surface area contributed by atoms with Gasteiger partial charge in [0.1, 0.15) is 0 Å². The van der Waals surface area contributed by atoms with E-state index < -0.39 is 0 Å². The van der Waals surface area contributed by atoms with E-state index in [4.69, 9.17) is 0 Å². The maximum absolute atomic E-state index is 12.3. The third kappa shape index (κ3) is 4.05. The monoisotopic (exact) mass is 327 g/mol. The number of hydrogen-bond donors (Lipinski definition) is 1. The van der Waals surface area contributed by atoms with Crippen LogP contribution in [0.2, 0.25) is 0 Å². The van der Waals surface area contributed by atoms with Crippen LogP contribution in [0, 0.1) is 0 Å². The highest BCUT2D eigenvalue weighted by Gasteiger charge is 2.21. The molecule has 23 heavy (non-hydrogen) atoms. The average molecular weight is 327 g/mol. The fourth-order valence-electron chi connectivity index (χ4n) is 2.79. The molecule has 0 saturated heterocycles. The highest BCUT2D eigenvalue weighted by Crippen LogP contribution is 2.35. The molecule has 2 heterocycles. The number of carbonyl (C=O) groups excluding carboxylic acids is 1. The quantitative estimate of drug-likeness (QED) is 0.937. The van der Waals surface area contributed by atoms with Crippen LogP contribution in [0.15, 0.2) is 48.8 Å². The van der Waals surface area contributed by atoms with Crippen molar-refractivity contribution >= 4 is 17.8 Å². The largest absolute Gasteiger partial charge is 0.337 e. The van der Waals surface area contributed by atoms with E-state index in [2.05, 4.69) is 34.6 Å². The normalized spacial score (nSPS) is 16.5. The second-order valence-electron chi connectivity index (χ2n) is 5.71. The number of urea groups is 1. The zero-order valence-corrected chi connectivity index (χ0v) is 14.1. The molecular formula is C18H21N3OS. The van der Waals surface area contributed by atoms with Crippen LogP contribution < -0.4 is 5.32 Å². The fraction of sp³-hybridized carbons (Fsp3) is 0.333. The van der Waals surface area contributed by atoms with Gasteiger partial charge in [0.25, 0.3) is 0 Å². The molecule has 1 N–H and O–H groups in total. The van der Waals surface area contributed by atoms with Crippen LogP contribution in [-0.4, -0.2) is 35.3 Å². The summed E-state index contributed by atoms with van der Waals surface area (Å²) in [5.41, 5.74) is 3.85. The van der Waals surface area contributed by atoms with Gasteiger partial charge in [-0.3, -0.25) is 4.98 Å². The highest BCUT2D eigenvalue weighted by atomic mass is 32.2. The second-order valence-corrected chi connectivity index (χ2v) is 7.02. The molecule has 5 heteroatoms. The van der Waals surface area contributed by atoms with E-state index in [0.717, 1.165) is 17.7 Å². The van der Waals surface area contributed by atoms with Gasteiger partial charge in [-0.25, -0.2) is 4.79 Å². The number of aryl methyl sites for hydroxylation is 1. The number of nitrogens with one attached hydrogen (secondary N) is 1. The first-order chi connectivity index (χ1) is 11.2. The Morgan fingerprint density at radius 1 is 1.30 bits per heavy atom. The van der Waals surface area contributed by atoms with Crippen molar-refractivity contribution in [3.8, 4) is 0 Å². The smallest absolute Gasteiger partial charge is 0.317 e. The van der Waals surface area contributed by atoms with Crippen LogP contribution in [0.3, 0.4) is 0 Å². The molecule has 120 valence electrons. The molecule has 1 aromatic heterocycles. The standard InChI is InChI=1S/C18H21N3OS/c1-21(13-14-6-9-19-10-7-14)18(22)20-12-17-16-5-3-2-4-15(16)8-11-23-17/h2-7,9-10,17H,8,11-13H2,1H3,(H,20,22). The lowest BCUT2D eigenvalue weighted by Gasteiger charge is -2.26. The van der Waals surface area contributed by atoms with Crippen molar-refractivity contribution in [3.63, 3.8) is 0 Å². The molecule has 1 unspecified atom stereocenters. The van der Waals surface area contributed by atoms with Crippen LogP contribution in [0.1, 0.15) is 21.9 Å². The lowest BCUT2D eigenvalue weighted by atomic mass is 10.0. The van der Waals surface area contributed by atoms with Crippen LogP contribution in [0.4, 0.5) is 4.79 Å². The minimum absolute atomic E-state index is 0.0366. The van der Waals surface area contributed by atoms with Crippen LogP contribution in [0.25, 0.3) is 0 Å². The number of aromatic nitrogens is 1. The van der Waals surface area contributed by atoms with Gasteiger partial charge in [0, 0.05) is 37.8 Å². The van der Waals surface area contributed by atoms with Gasteiger partial charge in [-0.15, -0.1) is 0 Å². The van der Waals surface area contributed by atoms with Gasteiger partial charge in [-0.05, 0) is 41.0 Å². The Kier molecular flexibility index (Phi) is 5.18. The number of carbonyl (C=O) groups is 1. The summed E-state index contributed by atoms with van der Waals surface area (Å²) in [6.45, 7) is 1.25. The molecule has 3 rings (SSSR count). The molecule has 1 atom stereocenters. The van der Waals surface area contributed by atoms with E-state index in [1.54, 1.807) is 17.3 Å². The van der Waals surface area contributed by atoms with Gasteiger partial charge in [0.2, 0.25) is 0 Å². The molecule has 0 saturated carbocycles. The van der Waals surface area contributed by atoms with E-state index in [0.29, 0.717) is 18.3 Å². The lowest BCUT2D eigenvalue weighted by Crippen LogP contribution is -2.38. The molecule has 0 bridgehead atoms. The van der Waals surface area contributed by atoms with Crippen LogP contribution in [0.5, 0.6) is 0 Å². The van der Waals surface area contributed by atoms with Gasteiger partial charge < -0.3 is 10.2 Å². The molecule has 1 aliphatic rings. The highest BCUT2D eigenvalue weighted by molar-refractivity contribution is 7.99. The molecule has 0 radical (unpaired) electrons. The Balaban J connectivity index is 1.55. The van der Waals surface area contributed by atoms with Crippen molar-refractivity contribution in [1.82, 2.24) is 15.2 Å². The summed E-state index contributed by atoms with van der Waals surface area (Å²) < 4.78 is 0. The Morgan fingerprint density at radius 2 is 2.09 bits per heavy atom. The van der Waals surface area contributed by atoms with Gasteiger partial charge in [-0.2, -0.15) is 11.8 Å². The number of thioether (sulfide) groups is 1. The van der Waals surface area contributed by atoms with Crippen LogP contribution >= 0.6 is 11.8 Å². The average Bonchev–Trinajstić information content (AvgIpc) is 2.60. The van der Waals surface area contributed by atoms with Crippen molar-refractivity contribution in [2.75, 3.05) is 19.3 Å². The number of fused-ring (bicyclic) bond motifs is 1. The zero-order valence-electron chi connectivity index (χ0n) is 13.2. The molecule has 2 aromatic rings. The van der Waals surface area contributed by atoms with E-state index in [1.165, 1.54) is 11.1 Å². The van der Waals surface area contributed by atoms with Gasteiger partial charge in [0.05, 0.1) is 0 Å². The molecule has 4 nitrogen and oxygen atoms in total. The van der Waals surface area contributed by atoms with E-state index >= 15 is 0 Å². The Morgan fingerprint density at radius 3 is 2.91 bits per heavy atom. The molecule has 0 fully saturated rings. The Bertz CT molecular complexity index is 662. The van der Waals surface area contributed by atoms with Gasteiger partial charge in [0.15, 0.2) is 0 Å². The van der Waals surface area contributed by atoms with E-state index in [-0.39, 0.29) is 6.03 Å². The molecule has 0 spiro atoms. The zero-order chi connectivity index (χ0) is 16.1. The fourth-order valence-corrected chi connectivity index (χ4v) is 4.03. The number of rotatable bonds is 4. The minimum Gasteiger partial charge on any atom is -0.337 e. The second kappa shape index (κ2) is 7.51. The first kappa shape index (κ1) is 15.9. The van der Waals surface area contributed by atoms with Crippen LogP contribution in [-0.2, 0) is 13.0 Å². The summed E-state index contributed by atoms with van der Waals surface area (Å²) >= 11 is 1.92. The molecule has 2 amide bonds.